The van der Waals surface area contributed by atoms with Crippen molar-refractivity contribution < 1.29 is 27.9 Å². The predicted molar refractivity (Wildman–Crippen MR) is 145 cm³/mol. The van der Waals surface area contributed by atoms with Crippen molar-refractivity contribution >= 4 is 23.5 Å². The minimum absolute atomic E-state index is 0.136. The van der Waals surface area contributed by atoms with E-state index < -0.39 is 12.4 Å². The summed E-state index contributed by atoms with van der Waals surface area (Å²) in [6.07, 6.45) is 3.99. The summed E-state index contributed by atoms with van der Waals surface area (Å²) in [7, 11) is 1.62. The highest BCUT2D eigenvalue weighted by Crippen LogP contribution is 2.43. The van der Waals surface area contributed by atoms with E-state index in [4.69, 9.17) is 14.7 Å². The lowest BCUT2D eigenvalue weighted by Gasteiger charge is -2.33. The summed E-state index contributed by atoms with van der Waals surface area (Å²) in [6.45, 7) is 4.18. The molecular weight excluding hydrogens is 536 g/mol. The zero-order valence-corrected chi connectivity index (χ0v) is 23.1. The molecule has 2 amide bonds. The third-order valence-electron chi connectivity index (χ3n) is 8.06. The third kappa shape index (κ3) is 5.14. The lowest BCUT2D eigenvalue weighted by molar-refractivity contribution is -0.143. The molecule has 11 nitrogen and oxygen atoms in total. The summed E-state index contributed by atoms with van der Waals surface area (Å²) in [5.41, 5.74) is 4.32. The van der Waals surface area contributed by atoms with Crippen LogP contribution in [-0.2, 0) is 28.9 Å². The molecule has 0 aliphatic carbocycles. The van der Waals surface area contributed by atoms with E-state index in [2.05, 4.69) is 15.1 Å². The van der Waals surface area contributed by atoms with Crippen LogP contribution in [0.2, 0.25) is 0 Å². The van der Waals surface area contributed by atoms with Crippen molar-refractivity contribution in [2.45, 2.75) is 58.0 Å². The number of carbonyl (C=O) groups is 2. The smallest absolute Gasteiger partial charge is 0.331 e. The number of rotatable bonds is 5. The fourth-order valence-electron chi connectivity index (χ4n) is 6.13. The molecule has 3 aliphatic heterocycles. The molecule has 1 aromatic carbocycles. The number of hydrogen-bond donors (Lipinski definition) is 1. The average Bonchev–Trinajstić information content (AvgIpc) is 3.60. The number of hydrogen-bond acceptors (Lipinski definition) is 7. The van der Waals surface area contributed by atoms with Crippen LogP contribution in [-0.4, -0.2) is 70.0 Å². The van der Waals surface area contributed by atoms with Gasteiger partial charge >= 0.3 is 12.0 Å². The van der Waals surface area contributed by atoms with E-state index in [9.17, 15) is 18.4 Å². The van der Waals surface area contributed by atoms with Gasteiger partial charge in [0, 0.05) is 74.8 Å². The number of aromatic nitrogens is 4. The van der Waals surface area contributed by atoms with E-state index in [1.54, 1.807) is 24.1 Å². The van der Waals surface area contributed by atoms with Gasteiger partial charge in [-0.2, -0.15) is 5.10 Å². The van der Waals surface area contributed by atoms with Gasteiger partial charge in [-0.1, -0.05) is 4.85 Å². The standard InChI is InChI=1S/C28H33F2N7O4/c1-17(38)41-36-15-19(14-32-36)21-12-18-4-3-8-35(25(18)13-22(21)26(29)30)27-23-16-34(28(39)31-2)9-5-24(23)37(33-27)20-6-10-40-11-7-20/h12-15,20,26H,3-11,16H2,1-2H3,(H,31,39). The van der Waals surface area contributed by atoms with Crippen molar-refractivity contribution in [2.24, 2.45) is 0 Å². The molecule has 1 fully saturated rings. The number of halogens is 2. The molecule has 0 unspecified atom stereocenters. The van der Waals surface area contributed by atoms with Crippen molar-refractivity contribution in [3.63, 3.8) is 0 Å². The Morgan fingerprint density at radius 3 is 2.71 bits per heavy atom. The predicted octanol–water partition coefficient (Wildman–Crippen LogP) is 3.79. The summed E-state index contributed by atoms with van der Waals surface area (Å²) in [4.78, 5) is 33.6. The summed E-state index contributed by atoms with van der Waals surface area (Å²) in [6, 6.07) is 3.38. The monoisotopic (exact) mass is 569 g/mol. The highest BCUT2D eigenvalue weighted by Gasteiger charge is 2.34. The van der Waals surface area contributed by atoms with Gasteiger partial charge in [0.25, 0.3) is 6.43 Å². The number of ether oxygens (including phenoxy) is 1. The highest BCUT2D eigenvalue weighted by atomic mass is 19.3. The minimum Gasteiger partial charge on any atom is -0.381 e. The third-order valence-corrected chi connectivity index (χ3v) is 8.06. The van der Waals surface area contributed by atoms with Gasteiger partial charge in [-0.05, 0) is 48.9 Å². The van der Waals surface area contributed by atoms with Gasteiger partial charge in [0.1, 0.15) is 0 Å². The fraction of sp³-hybridized carbons (Fsp3) is 0.500. The van der Waals surface area contributed by atoms with Gasteiger partial charge in [-0.3, -0.25) is 4.68 Å². The first-order chi connectivity index (χ1) is 19.8. The molecule has 6 rings (SSSR count). The van der Waals surface area contributed by atoms with Crippen molar-refractivity contribution in [1.29, 1.82) is 0 Å². The Morgan fingerprint density at radius 1 is 1.17 bits per heavy atom. The number of carbonyl (C=O) groups excluding carboxylic acids is 2. The van der Waals surface area contributed by atoms with Gasteiger partial charge in [-0.15, -0.1) is 5.10 Å². The number of fused-ring (bicyclic) bond motifs is 2. The van der Waals surface area contributed by atoms with E-state index in [0.717, 1.165) is 46.7 Å². The van der Waals surface area contributed by atoms with Crippen LogP contribution < -0.4 is 15.1 Å². The van der Waals surface area contributed by atoms with E-state index in [0.29, 0.717) is 62.5 Å². The summed E-state index contributed by atoms with van der Waals surface area (Å²) >= 11 is 0. The molecule has 41 heavy (non-hydrogen) atoms. The molecule has 3 aromatic rings. The van der Waals surface area contributed by atoms with Crippen molar-refractivity contribution in [3.05, 3.63) is 46.9 Å². The first-order valence-electron chi connectivity index (χ1n) is 13.9. The van der Waals surface area contributed by atoms with E-state index in [-0.39, 0.29) is 17.6 Å². The van der Waals surface area contributed by atoms with Gasteiger partial charge in [0.2, 0.25) is 0 Å². The molecule has 218 valence electrons. The largest absolute Gasteiger partial charge is 0.381 e. The maximum atomic E-state index is 14.5. The molecule has 1 N–H and O–H groups in total. The average molecular weight is 570 g/mol. The molecule has 2 aromatic heterocycles. The normalized spacial score (nSPS) is 17.4. The maximum absolute atomic E-state index is 14.5. The Morgan fingerprint density at radius 2 is 1.98 bits per heavy atom. The van der Waals surface area contributed by atoms with E-state index in [1.807, 2.05) is 4.90 Å². The van der Waals surface area contributed by atoms with Crippen LogP contribution in [0.3, 0.4) is 0 Å². The number of benzene rings is 1. The zero-order chi connectivity index (χ0) is 28.7. The summed E-state index contributed by atoms with van der Waals surface area (Å²) in [5.74, 6) is 0.157. The molecule has 1 saturated heterocycles. The number of nitrogens with one attached hydrogen (secondary N) is 1. The quantitative estimate of drug-likeness (QED) is 0.498. The van der Waals surface area contributed by atoms with Crippen LogP contribution >= 0.6 is 0 Å². The molecule has 13 heteroatoms. The number of anilines is 2. The van der Waals surface area contributed by atoms with Crippen LogP contribution in [0, 0.1) is 0 Å². The molecular formula is C28H33F2N7O4. The van der Waals surface area contributed by atoms with Crippen LogP contribution in [0.15, 0.2) is 24.5 Å². The molecule has 0 bridgehead atoms. The van der Waals surface area contributed by atoms with Crippen LogP contribution in [0.25, 0.3) is 11.1 Å². The number of alkyl halides is 2. The molecule has 0 radical (unpaired) electrons. The molecule has 5 heterocycles. The topological polar surface area (TPSA) is 107 Å². The second kappa shape index (κ2) is 11.1. The Kier molecular flexibility index (Phi) is 7.37. The summed E-state index contributed by atoms with van der Waals surface area (Å²) < 4.78 is 36.7. The SMILES string of the molecule is CNC(=O)N1CCc2c(c(N3CCCc4cc(-c5cnn(OC(C)=O)c5)c(C(F)F)cc43)nn2C2CCOCC2)C1. The van der Waals surface area contributed by atoms with Crippen molar-refractivity contribution in [1.82, 2.24) is 29.9 Å². The molecule has 3 aliphatic rings. The number of aryl methyl sites for hydroxylation is 1. The Bertz CT molecular complexity index is 1460. The lowest BCUT2D eigenvalue weighted by atomic mass is 9.92. The second-order valence-electron chi connectivity index (χ2n) is 10.6. The Hall–Kier alpha value is -4.00. The van der Waals surface area contributed by atoms with Crippen molar-refractivity contribution in [3.8, 4) is 11.1 Å². The van der Waals surface area contributed by atoms with Gasteiger partial charge in [0.05, 0.1) is 25.0 Å². The Labute approximate surface area is 235 Å². The van der Waals surface area contributed by atoms with Gasteiger partial charge in [0.15, 0.2) is 5.82 Å². The first-order valence-corrected chi connectivity index (χ1v) is 13.9. The van der Waals surface area contributed by atoms with Gasteiger partial charge in [-0.25, -0.2) is 18.4 Å². The Balaban J connectivity index is 1.43. The second-order valence-corrected chi connectivity index (χ2v) is 10.6. The fourth-order valence-corrected chi connectivity index (χ4v) is 6.13. The molecule has 0 saturated carbocycles. The van der Waals surface area contributed by atoms with Crippen LogP contribution in [0.5, 0.6) is 0 Å². The molecule has 0 atom stereocenters. The maximum Gasteiger partial charge on any atom is 0.331 e. The highest BCUT2D eigenvalue weighted by molar-refractivity contribution is 5.78. The molecule has 0 spiro atoms. The van der Waals surface area contributed by atoms with E-state index in [1.165, 1.54) is 19.3 Å². The zero-order valence-electron chi connectivity index (χ0n) is 23.1. The minimum atomic E-state index is -2.74. The number of nitrogens with zero attached hydrogens (tertiary/aromatic N) is 6. The van der Waals surface area contributed by atoms with Crippen LogP contribution in [0.1, 0.15) is 61.0 Å². The lowest BCUT2D eigenvalue weighted by Crippen LogP contribution is -2.42. The van der Waals surface area contributed by atoms with Gasteiger partial charge < -0.3 is 24.7 Å². The number of amides is 2. The van der Waals surface area contributed by atoms with Crippen molar-refractivity contribution in [2.75, 3.05) is 38.3 Å². The summed E-state index contributed by atoms with van der Waals surface area (Å²) in [5, 5.41) is 11.8. The van der Waals surface area contributed by atoms with Crippen LogP contribution in [0.4, 0.5) is 25.1 Å². The number of urea groups is 1. The van der Waals surface area contributed by atoms with E-state index >= 15 is 0 Å². The first kappa shape index (κ1) is 27.2.